The fourth-order valence-electron chi connectivity index (χ4n) is 3.46. The van der Waals surface area contributed by atoms with Crippen LogP contribution in [0.25, 0.3) is 31.7 Å². The molecule has 1 N–H and O–H groups in total. The Morgan fingerprint density at radius 2 is 1.14 bits per heavy atom. The van der Waals surface area contributed by atoms with Gasteiger partial charge in [-0.05, 0) is 46.8 Å². The van der Waals surface area contributed by atoms with E-state index in [1.807, 2.05) is 11.3 Å². The average molecular weight is 378 g/mol. The van der Waals surface area contributed by atoms with Crippen LogP contribution < -0.4 is 5.32 Å². The second-order valence-corrected chi connectivity index (χ2v) is 7.84. The second kappa shape index (κ2) is 7.34. The molecule has 5 rings (SSSR count). The maximum Gasteiger partial charge on any atom is 0.0463 e. The topological polar surface area (TPSA) is 12.0 Å². The van der Waals surface area contributed by atoms with Crippen molar-refractivity contribution in [3.63, 3.8) is 0 Å². The first-order valence-corrected chi connectivity index (χ1v) is 10.2. The SMILES string of the molecule is c1ccc(-c2ccc(-c3ccc(Nc4cccc5ccccc45)cc3)s2)cc1. The summed E-state index contributed by atoms with van der Waals surface area (Å²) >= 11 is 1.83. The zero-order valence-electron chi connectivity index (χ0n) is 15.3. The van der Waals surface area contributed by atoms with E-state index < -0.39 is 0 Å². The van der Waals surface area contributed by atoms with Gasteiger partial charge in [0.15, 0.2) is 0 Å². The lowest BCUT2D eigenvalue weighted by molar-refractivity contribution is 1.58. The van der Waals surface area contributed by atoms with Crippen LogP contribution in [0.15, 0.2) is 109 Å². The lowest BCUT2D eigenvalue weighted by Crippen LogP contribution is -1.91. The largest absolute Gasteiger partial charge is 0.355 e. The Balaban J connectivity index is 1.40. The maximum absolute atomic E-state index is 3.56. The molecular formula is C26H19NS. The number of benzene rings is 4. The van der Waals surface area contributed by atoms with Crippen molar-refractivity contribution in [3.8, 4) is 20.9 Å². The van der Waals surface area contributed by atoms with Crippen LogP contribution in [0.5, 0.6) is 0 Å². The summed E-state index contributed by atoms with van der Waals surface area (Å²) in [4.78, 5) is 2.59. The van der Waals surface area contributed by atoms with E-state index in [1.165, 1.54) is 31.7 Å². The maximum atomic E-state index is 3.56. The van der Waals surface area contributed by atoms with Gasteiger partial charge in [0.2, 0.25) is 0 Å². The number of nitrogens with one attached hydrogen (secondary N) is 1. The Labute approximate surface area is 168 Å². The summed E-state index contributed by atoms with van der Waals surface area (Å²) in [7, 11) is 0. The zero-order valence-corrected chi connectivity index (χ0v) is 16.1. The second-order valence-electron chi connectivity index (χ2n) is 6.76. The van der Waals surface area contributed by atoms with Gasteiger partial charge in [-0.15, -0.1) is 11.3 Å². The van der Waals surface area contributed by atoms with Gasteiger partial charge in [-0.25, -0.2) is 0 Å². The molecule has 4 aromatic carbocycles. The monoisotopic (exact) mass is 377 g/mol. The summed E-state index contributed by atoms with van der Waals surface area (Å²) in [5.41, 5.74) is 4.75. The van der Waals surface area contributed by atoms with Crippen molar-refractivity contribution in [2.24, 2.45) is 0 Å². The molecular weight excluding hydrogens is 358 g/mol. The number of anilines is 2. The molecule has 0 fully saturated rings. The van der Waals surface area contributed by atoms with Gasteiger partial charge in [0.25, 0.3) is 0 Å². The van der Waals surface area contributed by atoms with Gasteiger partial charge in [-0.1, -0.05) is 78.9 Å². The minimum absolute atomic E-state index is 1.10. The molecule has 0 spiro atoms. The van der Waals surface area contributed by atoms with Gasteiger partial charge in [-0.2, -0.15) is 0 Å². The van der Waals surface area contributed by atoms with E-state index in [0.29, 0.717) is 0 Å². The molecule has 0 saturated heterocycles. The molecule has 0 amide bonds. The molecule has 0 unspecified atom stereocenters. The van der Waals surface area contributed by atoms with Crippen molar-refractivity contribution in [1.82, 2.24) is 0 Å². The molecule has 0 saturated carbocycles. The van der Waals surface area contributed by atoms with E-state index in [-0.39, 0.29) is 0 Å². The van der Waals surface area contributed by atoms with Crippen LogP contribution in [-0.4, -0.2) is 0 Å². The number of hydrogen-bond acceptors (Lipinski definition) is 2. The van der Waals surface area contributed by atoms with Crippen LogP contribution >= 0.6 is 11.3 Å². The van der Waals surface area contributed by atoms with Gasteiger partial charge >= 0.3 is 0 Å². The Morgan fingerprint density at radius 1 is 0.500 bits per heavy atom. The minimum atomic E-state index is 1.10. The Hall–Kier alpha value is -3.36. The standard InChI is InChI=1S/C26H19NS/c1-2-8-20(9-3-1)25-17-18-26(28-25)21-13-15-22(16-14-21)27-24-12-6-10-19-7-4-5-11-23(19)24/h1-18,27H. The third-order valence-electron chi connectivity index (χ3n) is 4.90. The van der Waals surface area contributed by atoms with Gasteiger partial charge < -0.3 is 5.32 Å². The third-order valence-corrected chi connectivity index (χ3v) is 6.09. The van der Waals surface area contributed by atoms with Crippen molar-refractivity contribution in [1.29, 1.82) is 0 Å². The number of rotatable bonds is 4. The molecule has 134 valence electrons. The van der Waals surface area contributed by atoms with Crippen LogP contribution in [0.4, 0.5) is 11.4 Å². The van der Waals surface area contributed by atoms with E-state index in [4.69, 9.17) is 0 Å². The first-order valence-electron chi connectivity index (χ1n) is 9.37. The Bertz CT molecular complexity index is 1220. The van der Waals surface area contributed by atoms with Crippen LogP contribution in [0.1, 0.15) is 0 Å². The fraction of sp³-hybridized carbons (Fsp3) is 0. The van der Waals surface area contributed by atoms with E-state index in [9.17, 15) is 0 Å². The molecule has 1 heterocycles. The van der Waals surface area contributed by atoms with Gasteiger partial charge in [0.05, 0.1) is 0 Å². The van der Waals surface area contributed by atoms with Crippen LogP contribution in [0, 0.1) is 0 Å². The van der Waals surface area contributed by atoms with E-state index >= 15 is 0 Å². The molecule has 1 nitrogen and oxygen atoms in total. The molecule has 0 radical (unpaired) electrons. The first kappa shape index (κ1) is 16.8. The Kier molecular flexibility index (Phi) is 4.40. The molecule has 0 aliphatic heterocycles. The lowest BCUT2D eigenvalue weighted by Gasteiger charge is -2.10. The van der Waals surface area contributed by atoms with Gasteiger partial charge in [0.1, 0.15) is 0 Å². The normalized spacial score (nSPS) is 10.9. The molecule has 5 aromatic rings. The molecule has 0 bridgehead atoms. The third kappa shape index (κ3) is 3.30. The van der Waals surface area contributed by atoms with E-state index in [0.717, 1.165) is 11.4 Å². The first-order chi connectivity index (χ1) is 13.9. The highest BCUT2D eigenvalue weighted by Gasteiger charge is 2.06. The molecule has 1 aromatic heterocycles. The van der Waals surface area contributed by atoms with Crippen LogP contribution in [-0.2, 0) is 0 Å². The highest BCUT2D eigenvalue weighted by Crippen LogP contribution is 2.35. The average Bonchev–Trinajstić information content (AvgIpc) is 3.26. The number of fused-ring (bicyclic) bond motifs is 1. The smallest absolute Gasteiger partial charge is 0.0463 e. The zero-order chi connectivity index (χ0) is 18.8. The molecule has 0 atom stereocenters. The Morgan fingerprint density at radius 3 is 1.93 bits per heavy atom. The minimum Gasteiger partial charge on any atom is -0.355 e. The predicted octanol–water partition coefficient (Wildman–Crippen LogP) is 7.98. The van der Waals surface area contributed by atoms with Crippen molar-refractivity contribution in [2.75, 3.05) is 5.32 Å². The number of thiophene rings is 1. The quantitative estimate of drug-likeness (QED) is 0.335. The van der Waals surface area contributed by atoms with Crippen LogP contribution in [0.3, 0.4) is 0 Å². The van der Waals surface area contributed by atoms with Crippen molar-refractivity contribution in [2.45, 2.75) is 0 Å². The molecule has 0 aliphatic rings. The summed E-state index contributed by atoms with van der Waals surface area (Å²) in [6.07, 6.45) is 0. The molecule has 0 aliphatic carbocycles. The summed E-state index contributed by atoms with van der Waals surface area (Å²) in [5, 5.41) is 6.04. The number of hydrogen-bond donors (Lipinski definition) is 1. The summed E-state index contributed by atoms with van der Waals surface area (Å²) in [5.74, 6) is 0. The van der Waals surface area contributed by atoms with E-state index in [2.05, 4.69) is 115 Å². The van der Waals surface area contributed by atoms with E-state index in [1.54, 1.807) is 0 Å². The van der Waals surface area contributed by atoms with Crippen molar-refractivity contribution >= 4 is 33.5 Å². The highest BCUT2D eigenvalue weighted by atomic mass is 32.1. The summed E-state index contributed by atoms with van der Waals surface area (Å²) < 4.78 is 0. The molecule has 2 heteroatoms. The molecule has 28 heavy (non-hydrogen) atoms. The highest BCUT2D eigenvalue weighted by molar-refractivity contribution is 7.18. The van der Waals surface area contributed by atoms with Crippen molar-refractivity contribution in [3.05, 3.63) is 109 Å². The van der Waals surface area contributed by atoms with Crippen LogP contribution in [0.2, 0.25) is 0 Å². The van der Waals surface area contributed by atoms with Gasteiger partial charge in [0, 0.05) is 26.5 Å². The fourth-order valence-corrected chi connectivity index (χ4v) is 4.48. The predicted molar refractivity (Wildman–Crippen MR) is 122 cm³/mol. The van der Waals surface area contributed by atoms with Gasteiger partial charge in [-0.3, -0.25) is 0 Å². The lowest BCUT2D eigenvalue weighted by atomic mass is 10.1. The summed E-state index contributed by atoms with van der Waals surface area (Å²) in [6.45, 7) is 0. The summed E-state index contributed by atoms with van der Waals surface area (Å²) in [6, 6.07) is 38.5. The van der Waals surface area contributed by atoms with Crippen molar-refractivity contribution < 1.29 is 0 Å².